The number of amides is 2. The van der Waals surface area contributed by atoms with Crippen molar-refractivity contribution in [3.05, 3.63) is 0 Å². The average Bonchev–Trinajstić information content (AvgIpc) is 2.76. The molecule has 2 aliphatic heterocycles. The molecular weight excluding hydrogens is 272 g/mol. The van der Waals surface area contributed by atoms with E-state index in [9.17, 15) is 18.0 Å². The number of rotatable bonds is 2. The highest BCUT2D eigenvalue weighted by Crippen LogP contribution is 2.18. The van der Waals surface area contributed by atoms with E-state index < -0.39 is 33.9 Å². The van der Waals surface area contributed by atoms with Crippen molar-refractivity contribution >= 4 is 21.8 Å². The molecule has 2 fully saturated rings. The summed E-state index contributed by atoms with van der Waals surface area (Å²) in [6.07, 6.45) is 2.27. The van der Waals surface area contributed by atoms with Crippen molar-refractivity contribution in [2.45, 2.75) is 37.8 Å². The predicted octanol–water partition coefficient (Wildman–Crippen LogP) is -0.178. The number of urea groups is 1. The van der Waals surface area contributed by atoms with Crippen LogP contribution in [0, 0.1) is 0 Å². The summed E-state index contributed by atoms with van der Waals surface area (Å²) < 4.78 is 23.0. The molecule has 0 aromatic carbocycles. The first-order valence-corrected chi connectivity index (χ1v) is 8.21. The normalized spacial score (nSPS) is 30.0. The third-order valence-corrected chi connectivity index (χ3v) is 5.41. The number of carboxylic acids is 1. The van der Waals surface area contributed by atoms with Gasteiger partial charge >= 0.3 is 12.0 Å². The highest BCUT2D eigenvalue weighted by atomic mass is 32.2. The molecule has 0 aliphatic carbocycles. The van der Waals surface area contributed by atoms with Crippen LogP contribution in [0.5, 0.6) is 0 Å². The fourth-order valence-corrected chi connectivity index (χ4v) is 4.30. The molecule has 0 spiro atoms. The Morgan fingerprint density at radius 3 is 2.58 bits per heavy atom. The summed E-state index contributed by atoms with van der Waals surface area (Å²) in [6.45, 7) is 0.405. The standard InChI is InChI=1S/C11H18N2O5S/c14-10(15)9-4-1-5-13(9)11(16)12-8-3-2-6-19(17,18)7-8/h8-9H,1-7H2,(H,12,16)(H,14,15). The number of nitrogens with zero attached hydrogens (tertiary/aromatic N) is 1. The Bertz CT molecular complexity index is 475. The molecule has 2 N–H and O–H groups in total. The third-order valence-electron chi connectivity index (χ3n) is 3.59. The number of hydrogen-bond acceptors (Lipinski definition) is 4. The zero-order valence-corrected chi connectivity index (χ0v) is 11.4. The van der Waals surface area contributed by atoms with Crippen LogP contribution >= 0.6 is 0 Å². The Morgan fingerprint density at radius 1 is 1.21 bits per heavy atom. The fraction of sp³-hybridized carbons (Fsp3) is 0.818. The molecule has 19 heavy (non-hydrogen) atoms. The van der Waals surface area contributed by atoms with Gasteiger partial charge in [-0.25, -0.2) is 18.0 Å². The van der Waals surface area contributed by atoms with Crippen LogP contribution in [-0.2, 0) is 14.6 Å². The summed E-state index contributed by atoms with van der Waals surface area (Å²) in [5, 5.41) is 11.6. The van der Waals surface area contributed by atoms with Gasteiger partial charge in [0.2, 0.25) is 0 Å². The first kappa shape index (κ1) is 14.1. The molecule has 2 saturated heterocycles. The summed E-state index contributed by atoms with van der Waals surface area (Å²) in [5.41, 5.74) is 0. The van der Waals surface area contributed by atoms with Gasteiger partial charge < -0.3 is 15.3 Å². The number of likely N-dealkylation sites (tertiary alicyclic amines) is 1. The van der Waals surface area contributed by atoms with Crippen LogP contribution < -0.4 is 5.32 Å². The lowest BCUT2D eigenvalue weighted by molar-refractivity contribution is -0.141. The highest BCUT2D eigenvalue weighted by Gasteiger charge is 2.35. The van der Waals surface area contributed by atoms with E-state index in [1.54, 1.807) is 0 Å². The van der Waals surface area contributed by atoms with E-state index in [0.717, 1.165) is 0 Å². The molecule has 2 unspecified atom stereocenters. The molecule has 108 valence electrons. The Labute approximate surface area is 111 Å². The summed E-state index contributed by atoms with van der Waals surface area (Å²) in [7, 11) is -3.08. The molecule has 2 aliphatic rings. The van der Waals surface area contributed by atoms with Crippen LogP contribution in [0.2, 0.25) is 0 Å². The number of carboxylic acid groups (broad SMARTS) is 1. The zero-order valence-electron chi connectivity index (χ0n) is 10.5. The highest BCUT2D eigenvalue weighted by molar-refractivity contribution is 7.91. The molecule has 0 aromatic rings. The smallest absolute Gasteiger partial charge is 0.326 e. The van der Waals surface area contributed by atoms with Crippen molar-refractivity contribution in [2.75, 3.05) is 18.1 Å². The topological polar surface area (TPSA) is 104 Å². The van der Waals surface area contributed by atoms with Gasteiger partial charge in [0.15, 0.2) is 9.84 Å². The molecular formula is C11H18N2O5S. The molecule has 0 bridgehead atoms. The van der Waals surface area contributed by atoms with Crippen LogP contribution in [-0.4, -0.2) is 60.6 Å². The van der Waals surface area contributed by atoms with Gasteiger partial charge in [0.05, 0.1) is 11.5 Å². The van der Waals surface area contributed by atoms with Crippen molar-refractivity contribution in [1.29, 1.82) is 0 Å². The van der Waals surface area contributed by atoms with E-state index in [1.807, 2.05) is 0 Å². The second-order valence-corrected chi connectivity index (χ2v) is 7.32. The van der Waals surface area contributed by atoms with Gasteiger partial charge in [0.1, 0.15) is 6.04 Å². The average molecular weight is 290 g/mol. The second-order valence-electron chi connectivity index (χ2n) is 5.09. The number of sulfone groups is 1. The zero-order chi connectivity index (χ0) is 14.0. The first-order chi connectivity index (χ1) is 8.89. The van der Waals surface area contributed by atoms with Crippen molar-refractivity contribution < 1.29 is 23.1 Å². The molecule has 2 rings (SSSR count). The molecule has 2 amide bonds. The Kier molecular flexibility index (Phi) is 3.98. The number of aliphatic carboxylic acids is 1. The Balaban J connectivity index is 1.95. The number of carbonyl (C=O) groups is 2. The van der Waals surface area contributed by atoms with Crippen LogP contribution in [0.3, 0.4) is 0 Å². The minimum absolute atomic E-state index is 0.0513. The lowest BCUT2D eigenvalue weighted by Crippen LogP contribution is -2.51. The number of hydrogen-bond donors (Lipinski definition) is 2. The third kappa shape index (κ3) is 3.37. The maximum absolute atomic E-state index is 12.0. The molecule has 2 heterocycles. The van der Waals surface area contributed by atoms with Gasteiger partial charge in [-0.15, -0.1) is 0 Å². The molecule has 8 heteroatoms. The second kappa shape index (κ2) is 5.36. The number of carbonyl (C=O) groups excluding carboxylic acids is 1. The fourth-order valence-electron chi connectivity index (χ4n) is 2.66. The van der Waals surface area contributed by atoms with Gasteiger partial charge in [-0.2, -0.15) is 0 Å². The van der Waals surface area contributed by atoms with Gasteiger partial charge in [0, 0.05) is 12.6 Å². The predicted molar refractivity (Wildman–Crippen MR) is 67.6 cm³/mol. The van der Waals surface area contributed by atoms with Crippen molar-refractivity contribution in [3.63, 3.8) is 0 Å². The van der Waals surface area contributed by atoms with Crippen LogP contribution in [0.25, 0.3) is 0 Å². The Morgan fingerprint density at radius 2 is 1.95 bits per heavy atom. The molecule has 2 atom stereocenters. The van der Waals surface area contributed by atoms with E-state index in [4.69, 9.17) is 5.11 Å². The van der Waals surface area contributed by atoms with E-state index in [1.165, 1.54) is 4.90 Å². The molecule has 0 saturated carbocycles. The van der Waals surface area contributed by atoms with Crippen molar-refractivity contribution in [3.8, 4) is 0 Å². The Hall–Kier alpha value is -1.31. The lowest BCUT2D eigenvalue weighted by atomic mass is 10.2. The quantitative estimate of drug-likeness (QED) is 0.734. The van der Waals surface area contributed by atoms with Crippen molar-refractivity contribution in [2.24, 2.45) is 0 Å². The van der Waals surface area contributed by atoms with Crippen molar-refractivity contribution in [1.82, 2.24) is 10.2 Å². The summed E-state index contributed by atoms with van der Waals surface area (Å²) in [6, 6.07) is -1.66. The largest absolute Gasteiger partial charge is 0.480 e. The summed E-state index contributed by atoms with van der Waals surface area (Å²) in [5.74, 6) is -0.894. The molecule has 7 nitrogen and oxygen atoms in total. The van der Waals surface area contributed by atoms with Gasteiger partial charge in [0.25, 0.3) is 0 Å². The van der Waals surface area contributed by atoms with E-state index in [-0.39, 0.29) is 11.5 Å². The van der Waals surface area contributed by atoms with Crippen LogP contribution in [0.1, 0.15) is 25.7 Å². The van der Waals surface area contributed by atoms with E-state index >= 15 is 0 Å². The minimum Gasteiger partial charge on any atom is -0.480 e. The monoisotopic (exact) mass is 290 g/mol. The first-order valence-electron chi connectivity index (χ1n) is 6.39. The van der Waals surface area contributed by atoms with Crippen LogP contribution in [0.15, 0.2) is 0 Å². The maximum atomic E-state index is 12.0. The maximum Gasteiger partial charge on any atom is 0.326 e. The summed E-state index contributed by atoms with van der Waals surface area (Å²) >= 11 is 0. The summed E-state index contributed by atoms with van der Waals surface area (Å²) in [4.78, 5) is 24.3. The number of nitrogens with one attached hydrogen (secondary N) is 1. The van der Waals surface area contributed by atoms with Gasteiger partial charge in [-0.1, -0.05) is 0 Å². The van der Waals surface area contributed by atoms with E-state index in [0.29, 0.717) is 32.2 Å². The molecule has 0 radical (unpaired) electrons. The lowest BCUT2D eigenvalue weighted by Gasteiger charge is -2.27. The molecule has 0 aromatic heterocycles. The van der Waals surface area contributed by atoms with Gasteiger partial charge in [-0.05, 0) is 25.7 Å². The minimum atomic E-state index is -3.08. The van der Waals surface area contributed by atoms with Crippen LogP contribution in [0.4, 0.5) is 4.79 Å². The van der Waals surface area contributed by atoms with Gasteiger partial charge in [-0.3, -0.25) is 0 Å². The van der Waals surface area contributed by atoms with E-state index in [2.05, 4.69) is 5.32 Å². The SMILES string of the molecule is O=C(O)C1CCCN1C(=O)NC1CCCS(=O)(=O)C1.